The number of aliphatic hydroxyl groups is 1. The maximum Gasteiger partial charge on any atom is 0.122 e. The van der Waals surface area contributed by atoms with Gasteiger partial charge in [-0.05, 0) is 49.4 Å². The summed E-state index contributed by atoms with van der Waals surface area (Å²) < 4.78 is 5.60. The van der Waals surface area contributed by atoms with Crippen LogP contribution in [-0.4, -0.2) is 24.9 Å². The van der Waals surface area contributed by atoms with Gasteiger partial charge in [-0.3, -0.25) is 0 Å². The van der Waals surface area contributed by atoms with Crippen molar-refractivity contribution in [2.24, 2.45) is 11.7 Å². The summed E-state index contributed by atoms with van der Waals surface area (Å²) in [7, 11) is 0. The van der Waals surface area contributed by atoms with Gasteiger partial charge in [-0.1, -0.05) is 19.1 Å². The Morgan fingerprint density at radius 2 is 2.12 bits per heavy atom. The molecule has 0 aliphatic heterocycles. The van der Waals surface area contributed by atoms with Gasteiger partial charge in [0.2, 0.25) is 0 Å². The first kappa shape index (κ1) is 14.0. The molecule has 1 aromatic carbocycles. The first-order valence-corrected chi connectivity index (χ1v) is 6.30. The van der Waals surface area contributed by atoms with Crippen molar-refractivity contribution >= 4 is 0 Å². The van der Waals surface area contributed by atoms with Gasteiger partial charge in [0.25, 0.3) is 0 Å². The average molecular weight is 237 g/mol. The molecule has 17 heavy (non-hydrogen) atoms. The second-order valence-corrected chi connectivity index (χ2v) is 4.22. The smallest absolute Gasteiger partial charge is 0.122 e. The first-order chi connectivity index (χ1) is 8.24. The summed E-state index contributed by atoms with van der Waals surface area (Å²) in [6.07, 6.45) is 1.78. The molecule has 96 valence electrons. The molecule has 3 heteroatoms. The normalized spacial score (nSPS) is 12.5. The molecule has 0 amide bonds. The number of ether oxygens (including phenoxy) is 1. The van der Waals surface area contributed by atoms with Crippen molar-refractivity contribution in [1.29, 1.82) is 0 Å². The lowest BCUT2D eigenvalue weighted by molar-refractivity contribution is 0.228. The standard InChI is InChI=1S/C14H23NO2/c1-3-11-5-6-14(17-4-2)13(7-11)8-12(9-15)10-16/h5-7,12,16H,3-4,8-10,15H2,1-2H3. The number of aryl methyl sites for hydroxylation is 1. The molecule has 1 atom stereocenters. The third-order valence-electron chi connectivity index (χ3n) is 2.93. The van der Waals surface area contributed by atoms with E-state index in [-0.39, 0.29) is 12.5 Å². The molecule has 0 heterocycles. The first-order valence-electron chi connectivity index (χ1n) is 6.30. The van der Waals surface area contributed by atoms with Gasteiger partial charge in [0.1, 0.15) is 5.75 Å². The zero-order valence-electron chi connectivity index (χ0n) is 10.8. The molecule has 3 nitrogen and oxygen atoms in total. The number of aliphatic hydroxyl groups excluding tert-OH is 1. The van der Waals surface area contributed by atoms with Gasteiger partial charge in [-0.15, -0.1) is 0 Å². The summed E-state index contributed by atoms with van der Waals surface area (Å²) >= 11 is 0. The third-order valence-corrected chi connectivity index (χ3v) is 2.93. The number of nitrogens with two attached hydrogens (primary N) is 1. The fraction of sp³-hybridized carbons (Fsp3) is 0.571. The van der Waals surface area contributed by atoms with Gasteiger partial charge in [0.15, 0.2) is 0 Å². The molecule has 0 aromatic heterocycles. The highest BCUT2D eigenvalue weighted by atomic mass is 16.5. The minimum absolute atomic E-state index is 0.112. The maximum absolute atomic E-state index is 9.21. The molecular weight excluding hydrogens is 214 g/mol. The number of rotatable bonds is 7. The van der Waals surface area contributed by atoms with Gasteiger partial charge < -0.3 is 15.6 Å². The van der Waals surface area contributed by atoms with Crippen LogP contribution in [0, 0.1) is 5.92 Å². The van der Waals surface area contributed by atoms with E-state index in [1.54, 1.807) is 0 Å². The molecular formula is C14H23NO2. The van der Waals surface area contributed by atoms with Gasteiger partial charge in [0.05, 0.1) is 6.61 Å². The van der Waals surface area contributed by atoms with Crippen LogP contribution in [0.1, 0.15) is 25.0 Å². The van der Waals surface area contributed by atoms with Crippen LogP contribution in [0.4, 0.5) is 0 Å². The lowest BCUT2D eigenvalue weighted by Crippen LogP contribution is -2.20. The van der Waals surface area contributed by atoms with Gasteiger partial charge in [-0.25, -0.2) is 0 Å². The van der Waals surface area contributed by atoms with Crippen LogP contribution in [0.25, 0.3) is 0 Å². The zero-order valence-corrected chi connectivity index (χ0v) is 10.8. The largest absolute Gasteiger partial charge is 0.494 e. The SMILES string of the molecule is CCOc1ccc(CC)cc1CC(CN)CO. The maximum atomic E-state index is 9.21. The van der Waals surface area contributed by atoms with Crippen LogP contribution in [0.3, 0.4) is 0 Å². The molecule has 1 rings (SSSR count). The second-order valence-electron chi connectivity index (χ2n) is 4.22. The van der Waals surface area contributed by atoms with Crippen LogP contribution in [0.2, 0.25) is 0 Å². The Hall–Kier alpha value is -1.06. The summed E-state index contributed by atoms with van der Waals surface area (Å²) in [6, 6.07) is 6.26. The molecule has 3 N–H and O–H groups in total. The summed E-state index contributed by atoms with van der Waals surface area (Å²) in [5.41, 5.74) is 8.06. The zero-order chi connectivity index (χ0) is 12.7. The minimum Gasteiger partial charge on any atom is -0.494 e. The van der Waals surface area contributed by atoms with Crippen LogP contribution in [0.5, 0.6) is 5.75 Å². The van der Waals surface area contributed by atoms with Gasteiger partial charge in [0, 0.05) is 6.61 Å². The van der Waals surface area contributed by atoms with Crippen molar-refractivity contribution in [2.75, 3.05) is 19.8 Å². The average Bonchev–Trinajstić information content (AvgIpc) is 2.37. The van der Waals surface area contributed by atoms with E-state index in [2.05, 4.69) is 19.1 Å². The predicted molar refractivity (Wildman–Crippen MR) is 70.3 cm³/mol. The van der Waals surface area contributed by atoms with Gasteiger partial charge in [-0.2, -0.15) is 0 Å². The Morgan fingerprint density at radius 1 is 1.35 bits per heavy atom. The van der Waals surface area contributed by atoms with Crippen LogP contribution >= 0.6 is 0 Å². The molecule has 0 spiro atoms. The lowest BCUT2D eigenvalue weighted by atomic mass is 9.97. The quantitative estimate of drug-likeness (QED) is 0.759. The Labute approximate surface area is 104 Å². The van der Waals surface area contributed by atoms with E-state index in [4.69, 9.17) is 10.5 Å². The highest BCUT2D eigenvalue weighted by Crippen LogP contribution is 2.23. The van der Waals surface area contributed by atoms with E-state index < -0.39 is 0 Å². The van der Waals surface area contributed by atoms with Crippen LogP contribution in [-0.2, 0) is 12.8 Å². The van der Waals surface area contributed by atoms with E-state index in [1.807, 2.05) is 13.0 Å². The molecule has 0 aliphatic rings. The fourth-order valence-electron chi connectivity index (χ4n) is 1.84. The van der Waals surface area contributed by atoms with Crippen molar-refractivity contribution in [1.82, 2.24) is 0 Å². The molecule has 1 aromatic rings. The molecule has 0 saturated carbocycles. The van der Waals surface area contributed by atoms with Crippen LogP contribution < -0.4 is 10.5 Å². The monoisotopic (exact) mass is 237 g/mol. The Kier molecular flexibility index (Phi) is 6.01. The van der Waals surface area contributed by atoms with Crippen molar-refractivity contribution in [3.63, 3.8) is 0 Å². The van der Waals surface area contributed by atoms with Crippen LogP contribution in [0.15, 0.2) is 18.2 Å². The summed E-state index contributed by atoms with van der Waals surface area (Å²) in [4.78, 5) is 0. The number of benzene rings is 1. The molecule has 0 bridgehead atoms. The number of hydrogen-bond acceptors (Lipinski definition) is 3. The molecule has 0 saturated heterocycles. The van der Waals surface area contributed by atoms with E-state index >= 15 is 0 Å². The van der Waals surface area contributed by atoms with Crippen molar-refractivity contribution in [2.45, 2.75) is 26.7 Å². The predicted octanol–water partition coefficient (Wildman–Crippen LogP) is 1.76. The van der Waals surface area contributed by atoms with Crippen molar-refractivity contribution in [3.8, 4) is 5.75 Å². The molecule has 1 unspecified atom stereocenters. The molecule has 0 aliphatic carbocycles. The van der Waals surface area contributed by atoms with E-state index in [1.165, 1.54) is 5.56 Å². The highest BCUT2D eigenvalue weighted by Gasteiger charge is 2.11. The Bertz CT molecular complexity index is 335. The molecule has 0 fully saturated rings. The summed E-state index contributed by atoms with van der Waals surface area (Å²) in [5.74, 6) is 1.03. The topological polar surface area (TPSA) is 55.5 Å². The summed E-state index contributed by atoms with van der Waals surface area (Å²) in [5, 5.41) is 9.21. The lowest BCUT2D eigenvalue weighted by Gasteiger charge is -2.16. The minimum atomic E-state index is 0.112. The Balaban J connectivity index is 2.91. The van der Waals surface area contributed by atoms with E-state index in [0.29, 0.717) is 13.2 Å². The second kappa shape index (κ2) is 7.30. The van der Waals surface area contributed by atoms with E-state index in [0.717, 1.165) is 24.2 Å². The van der Waals surface area contributed by atoms with Gasteiger partial charge >= 0.3 is 0 Å². The van der Waals surface area contributed by atoms with E-state index in [9.17, 15) is 5.11 Å². The summed E-state index contributed by atoms with van der Waals surface area (Å²) in [6.45, 7) is 5.39. The van der Waals surface area contributed by atoms with Crippen molar-refractivity contribution in [3.05, 3.63) is 29.3 Å². The van der Waals surface area contributed by atoms with Crippen molar-refractivity contribution < 1.29 is 9.84 Å². The number of hydrogen-bond donors (Lipinski definition) is 2. The molecule has 0 radical (unpaired) electrons. The third kappa shape index (κ3) is 4.02. The Morgan fingerprint density at radius 3 is 2.65 bits per heavy atom. The highest BCUT2D eigenvalue weighted by molar-refractivity contribution is 5.37. The fourth-order valence-corrected chi connectivity index (χ4v) is 1.84.